The van der Waals surface area contributed by atoms with Crippen molar-refractivity contribution in [3.8, 4) is 0 Å². The first-order valence-corrected chi connectivity index (χ1v) is 8.11. The van der Waals surface area contributed by atoms with Gasteiger partial charge >= 0.3 is 0 Å². The number of allylic oxidation sites excluding steroid dienone is 1. The number of hydrogen-bond acceptors (Lipinski definition) is 4. The Morgan fingerprint density at radius 2 is 2.23 bits per heavy atom. The molecule has 1 aliphatic carbocycles. The fourth-order valence-corrected chi connectivity index (χ4v) is 3.29. The van der Waals surface area contributed by atoms with Crippen LogP contribution in [0.4, 0.5) is 0 Å². The van der Waals surface area contributed by atoms with Crippen LogP contribution in [0.15, 0.2) is 22.5 Å². The van der Waals surface area contributed by atoms with E-state index in [1.54, 1.807) is 6.92 Å². The molecule has 0 unspecified atom stereocenters. The summed E-state index contributed by atoms with van der Waals surface area (Å²) < 4.78 is 5.13. The molecule has 5 heteroatoms. The van der Waals surface area contributed by atoms with Gasteiger partial charge in [0.1, 0.15) is 5.76 Å². The number of amides is 1. The second kappa shape index (κ2) is 6.24. The van der Waals surface area contributed by atoms with Crippen molar-refractivity contribution in [2.24, 2.45) is 11.8 Å². The van der Waals surface area contributed by atoms with Gasteiger partial charge in [-0.25, -0.2) is 4.98 Å². The lowest BCUT2D eigenvalue weighted by Crippen LogP contribution is -2.41. The molecule has 5 nitrogen and oxygen atoms in total. The molecule has 1 aromatic heterocycles. The second-order valence-electron chi connectivity index (χ2n) is 6.84. The van der Waals surface area contributed by atoms with Crippen LogP contribution >= 0.6 is 0 Å². The van der Waals surface area contributed by atoms with Gasteiger partial charge in [-0.05, 0) is 45.4 Å². The van der Waals surface area contributed by atoms with Gasteiger partial charge in [0.2, 0.25) is 0 Å². The second-order valence-corrected chi connectivity index (χ2v) is 6.84. The molecule has 1 saturated heterocycles. The summed E-state index contributed by atoms with van der Waals surface area (Å²) in [6.07, 6.45) is 6.20. The molecule has 1 amide bonds. The molecule has 120 valence electrons. The third-order valence-corrected chi connectivity index (χ3v) is 4.70. The zero-order valence-corrected chi connectivity index (χ0v) is 13.6. The molecule has 22 heavy (non-hydrogen) atoms. The molecule has 2 atom stereocenters. The van der Waals surface area contributed by atoms with Crippen molar-refractivity contribution in [1.82, 2.24) is 15.2 Å². The quantitative estimate of drug-likeness (QED) is 0.849. The van der Waals surface area contributed by atoms with Crippen molar-refractivity contribution >= 4 is 5.91 Å². The number of oxazole rings is 1. The topological polar surface area (TPSA) is 58.4 Å². The molecule has 0 spiro atoms. The normalized spacial score (nSPS) is 25.2. The number of carbonyl (C=O) groups is 1. The minimum absolute atomic E-state index is 0.106. The van der Waals surface area contributed by atoms with Crippen LogP contribution in [0.25, 0.3) is 0 Å². The maximum absolute atomic E-state index is 12.4. The first kappa shape index (κ1) is 15.3. The molecule has 0 aromatic carbocycles. The Kier molecular flexibility index (Phi) is 4.34. The van der Waals surface area contributed by atoms with E-state index in [0.29, 0.717) is 17.4 Å². The molecule has 3 rings (SSSR count). The summed E-state index contributed by atoms with van der Waals surface area (Å²) >= 11 is 0. The van der Waals surface area contributed by atoms with Crippen molar-refractivity contribution in [3.63, 3.8) is 0 Å². The Bertz CT molecular complexity index is 570. The first-order valence-electron chi connectivity index (χ1n) is 8.11. The minimum atomic E-state index is -0.106. The molecule has 1 saturated carbocycles. The Morgan fingerprint density at radius 3 is 2.82 bits per heavy atom. The number of nitrogens with one attached hydrogen (secondary N) is 1. The van der Waals surface area contributed by atoms with Gasteiger partial charge in [0.15, 0.2) is 12.1 Å². The van der Waals surface area contributed by atoms with Gasteiger partial charge in [0.05, 0.1) is 0 Å². The standard InChI is InChI=1S/C17H25N3O2/c1-11(2)6-7-20-8-14(13-4-5-13)15(9-20)19-17(21)16-12(3)22-10-18-16/h6,10,13-15H,4-5,7-9H2,1-3H3,(H,19,21)/t14-,15+/m1/s1. The van der Waals surface area contributed by atoms with E-state index in [2.05, 4.69) is 35.1 Å². The summed E-state index contributed by atoms with van der Waals surface area (Å²) in [6.45, 7) is 9.00. The van der Waals surface area contributed by atoms with Crippen LogP contribution < -0.4 is 5.32 Å². The van der Waals surface area contributed by atoms with E-state index in [1.807, 2.05) is 0 Å². The number of aryl methyl sites for hydroxylation is 1. The molecular weight excluding hydrogens is 278 g/mol. The zero-order chi connectivity index (χ0) is 15.7. The molecule has 0 radical (unpaired) electrons. The van der Waals surface area contributed by atoms with E-state index >= 15 is 0 Å². The van der Waals surface area contributed by atoms with E-state index in [-0.39, 0.29) is 11.9 Å². The Labute approximate surface area is 131 Å². The summed E-state index contributed by atoms with van der Waals surface area (Å²) in [5, 5.41) is 3.19. The van der Waals surface area contributed by atoms with Crippen LogP contribution in [0.5, 0.6) is 0 Å². The molecule has 1 aliphatic heterocycles. The van der Waals surface area contributed by atoms with Gasteiger partial charge in [-0.15, -0.1) is 0 Å². The monoisotopic (exact) mass is 303 g/mol. The van der Waals surface area contributed by atoms with Crippen LogP contribution in [0.1, 0.15) is 42.9 Å². The molecule has 2 aliphatic rings. The summed E-state index contributed by atoms with van der Waals surface area (Å²) in [5.41, 5.74) is 1.76. The van der Waals surface area contributed by atoms with E-state index in [1.165, 1.54) is 24.8 Å². The number of aromatic nitrogens is 1. The largest absolute Gasteiger partial charge is 0.448 e. The number of nitrogens with zero attached hydrogens (tertiary/aromatic N) is 2. The van der Waals surface area contributed by atoms with E-state index < -0.39 is 0 Å². The number of hydrogen-bond donors (Lipinski definition) is 1. The first-order chi connectivity index (χ1) is 10.5. The lowest BCUT2D eigenvalue weighted by Gasteiger charge is -2.18. The third kappa shape index (κ3) is 3.40. The van der Waals surface area contributed by atoms with Crippen molar-refractivity contribution in [2.45, 2.75) is 39.7 Å². The molecule has 2 heterocycles. The SMILES string of the molecule is CC(C)=CCN1C[C@H](NC(=O)c2ncoc2C)[C@@H](C2CC2)C1. The Morgan fingerprint density at radius 1 is 1.45 bits per heavy atom. The number of likely N-dealkylation sites (tertiary alicyclic amines) is 1. The summed E-state index contributed by atoms with van der Waals surface area (Å²) in [5.74, 6) is 1.83. The van der Waals surface area contributed by atoms with Gasteiger partial charge in [-0.2, -0.15) is 0 Å². The van der Waals surface area contributed by atoms with E-state index in [9.17, 15) is 4.79 Å². The summed E-state index contributed by atoms with van der Waals surface area (Å²) in [4.78, 5) is 18.8. The summed E-state index contributed by atoms with van der Waals surface area (Å²) in [7, 11) is 0. The van der Waals surface area contributed by atoms with E-state index in [4.69, 9.17) is 4.42 Å². The highest BCUT2D eigenvalue weighted by Crippen LogP contribution is 2.41. The van der Waals surface area contributed by atoms with Crippen molar-refractivity contribution in [1.29, 1.82) is 0 Å². The number of rotatable bonds is 5. The highest BCUT2D eigenvalue weighted by molar-refractivity contribution is 5.93. The van der Waals surface area contributed by atoms with Gasteiger partial charge in [0.25, 0.3) is 5.91 Å². The average Bonchev–Trinajstić information content (AvgIpc) is 3.09. The predicted octanol–water partition coefficient (Wildman–Crippen LogP) is 2.39. The molecule has 1 aromatic rings. The van der Waals surface area contributed by atoms with E-state index in [0.717, 1.165) is 25.6 Å². The number of carbonyl (C=O) groups excluding carboxylic acids is 1. The predicted molar refractivity (Wildman–Crippen MR) is 84.6 cm³/mol. The van der Waals surface area contributed by atoms with Crippen LogP contribution in [0, 0.1) is 18.8 Å². The van der Waals surface area contributed by atoms with Crippen LogP contribution in [-0.4, -0.2) is 41.5 Å². The fourth-order valence-electron chi connectivity index (χ4n) is 3.29. The average molecular weight is 303 g/mol. The summed E-state index contributed by atoms with van der Waals surface area (Å²) in [6, 6.07) is 0.224. The van der Waals surface area contributed by atoms with Gasteiger partial charge in [-0.3, -0.25) is 9.69 Å². The zero-order valence-electron chi connectivity index (χ0n) is 13.6. The maximum atomic E-state index is 12.4. The molecule has 0 bridgehead atoms. The van der Waals surface area contributed by atoms with Crippen molar-refractivity contribution in [2.75, 3.05) is 19.6 Å². The lowest BCUT2D eigenvalue weighted by molar-refractivity contribution is 0.0922. The Balaban J connectivity index is 1.64. The molecular formula is C17H25N3O2. The smallest absolute Gasteiger partial charge is 0.273 e. The van der Waals surface area contributed by atoms with Crippen molar-refractivity contribution < 1.29 is 9.21 Å². The van der Waals surface area contributed by atoms with Gasteiger partial charge in [-0.1, -0.05) is 11.6 Å². The lowest BCUT2D eigenvalue weighted by atomic mass is 9.98. The van der Waals surface area contributed by atoms with Crippen molar-refractivity contribution in [3.05, 3.63) is 29.5 Å². The van der Waals surface area contributed by atoms with Gasteiger partial charge in [0, 0.05) is 25.7 Å². The third-order valence-electron chi connectivity index (χ3n) is 4.70. The van der Waals surface area contributed by atoms with Crippen LogP contribution in [-0.2, 0) is 0 Å². The van der Waals surface area contributed by atoms with Gasteiger partial charge < -0.3 is 9.73 Å². The molecule has 2 fully saturated rings. The highest BCUT2D eigenvalue weighted by Gasteiger charge is 2.42. The Hall–Kier alpha value is -1.62. The van der Waals surface area contributed by atoms with Crippen LogP contribution in [0.3, 0.4) is 0 Å². The minimum Gasteiger partial charge on any atom is -0.448 e. The fraction of sp³-hybridized carbons (Fsp3) is 0.647. The molecule has 1 N–H and O–H groups in total. The maximum Gasteiger partial charge on any atom is 0.273 e. The highest BCUT2D eigenvalue weighted by atomic mass is 16.3. The van der Waals surface area contributed by atoms with Crippen LogP contribution in [0.2, 0.25) is 0 Å².